The second-order valence-electron chi connectivity index (χ2n) is 5.68. The number of hydrogen-bond acceptors (Lipinski definition) is 4. The van der Waals surface area contributed by atoms with E-state index >= 15 is 0 Å². The van der Waals surface area contributed by atoms with Gasteiger partial charge in [-0.05, 0) is 44.9 Å². The normalized spacial score (nSPS) is 31.9. The predicted molar refractivity (Wildman–Crippen MR) is 70.2 cm³/mol. The van der Waals surface area contributed by atoms with Gasteiger partial charge in [0.25, 0.3) is 0 Å². The van der Waals surface area contributed by atoms with Gasteiger partial charge < -0.3 is 9.47 Å². The zero-order valence-electron chi connectivity index (χ0n) is 11.5. The Hall–Kier alpha value is -1.58. The molecule has 104 valence electrons. The lowest BCUT2D eigenvalue weighted by molar-refractivity contribution is -0.154. The lowest BCUT2D eigenvalue weighted by Gasteiger charge is -2.27. The van der Waals surface area contributed by atoms with Gasteiger partial charge in [0.05, 0.1) is 0 Å². The molecule has 19 heavy (non-hydrogen) atoms. The van der Waals surface area contributed by atoms with E-state index in [4.69, 9.17) is 9.47 Å². The lowest BCUT2D eigenvalue weighted by Crippen LogP contribution is -2.32. The Morgan fingerprint density at radius 1 is 0.842 bits per heavy atom. The van der Waals surface area contributed by atoms with Crippen LogP contribution in [0.15, 0.2) is 24.3 Å². The van der Waals surface area contributed by atoms with Gasteiger partial charge >= 0.3 is 11.9 Å². The molecule has 2 fully saturated rings. The molecule has 0 radical (unpaired) electrons. The zero-order chi connectivity index (χ0) is 14.2. The second-order valence-corrected chi connectivity index (χ2v) is 5.68. The van der Waals surface area contributed by atoms with Crippen molar-refractivity contribution in [2.75, 3.05) is 0 Å². The first-order valence-corrected chi connectivity index (χ1v) is 6.61. The summed E-state index contributed by atoms with van der Waals surface area (Å²) in [6.07, 6.45) is 2.42. The highest BCUT2D eigenvalue weighted by Gasteiger charge is 2.49. The van der Waals surface area contributed by atoms with Crippen molar-refractivity contribution in [3.05, 3.63) is 24.3 Å². The number of hydrogen-bond donors (Lipinski definition) is 0. The molecule has 0 N–H and O–H groups in total. The Bertz CT molecular complexity index is 397. The van der Waals surface area contributed by atoms with E-state index in [1.54, 1.807) is 13.8 Å². The van der Waals surface area contributed by atoms with Crippen molar-refractivity contribution < 1.29 is 19.1 Å². The summed E-state index contributed by atoms with van der Waals surface area (Å²) < 4.78 is 10.8. The van der Waals surface area contributed by atoms with E-state index in [2.05, 4.69) is 13.2 Å². The quantitative estimate of drug-likeness (QED) is 0.578. The topological polar surface area (TPSA) is 52.6 Å². The standard InChI is InChI=1S/C15H20O4/c1-8(2)14(16)18-12-6-11-5-10(12)7-13(11)19-15(17)9(3)4/h10-13H,1,3,5-7H2,2,4H3. The molecule has 0 aliphatic heterocycles. The fourth-order valence-corrected chi connectivity index (χ4v) is 2.93. The van der Waals surface area contributed by atoms with Gasteiger partial charge in [-0.2, -0.15) is 0 Å². The Morgan fingerprint density at radius 3 is 1.47 bits per heavy atom. The summed E-state index contributed by atoms with van der Waals surface area (Å²) in [5.74, 6) is -0.0477. The maximum Gasteiger partial charge on any atom is 0.333 e. The summed E-state index contributed by atoms with van der Waals surface area (Å²) in [5, 5.41) is 0. The maximum atomic E-state index is 11.5. The van der Waals surface area contributed by atoms with Crippen LogP contribution in [0.4, 0.5) is 0 Å². The molecule has 0 saturated heterocycles. The minimum absolute atomic E-state index is 0.0472. The van der Waals surface area contributed by atoms with Crippen molar-refractivity contribution in [2.45, 2.75) is 45.3 Å². The molecule has 0 heterocycles. The molecule has 2 aliphatic rings. The maximum absolute atomic E-state index is 11.5. The summed E-state index contributed by atoms with van der Waals surface area (Å²) in [6.45, 7) is 10.5. The molecular formula is C15H20O4. The average Bonchev–Trinajstić information content (AvgIpc) is 2.88. The summed E-state index contributed by atoms with van der Waals surface area (Å²) in [6, 6.07) is 0. The lowest BCUT2D eigenvalue weighted by atomic mass is 9.95. The fourth-order valence-electron chi connectivity index (χ4n) is 2.93. The number of fused-ring (bicyclic) bond motifs is 2. The van der Waals surface area contributed by atoms with Crippen LogP contribution in [0.2, 0.25) is 0 Å². The molecule has 0 aromatic carbocycles. The van der Waals surface area contributed by atoms with E-state index in [1.165, 1.54) is 0 Å². The van der Waals surface area contributed by atoms with Crippen LogP contribution in [-0.2, 0) is 19.1 Å². The Balaban J connectivity index is 1.87. The summed E-state index contributed by atoms with van der Waals surface area (Å²) >= 11 is 0. The molecule has 0 amide bonds. The van der Waals surface area contributed by atoms with Crippen LogP contribution in [0.5, 0.6) is 0 Å². The van der Waals surface area contributed by atoms with Gasteiger partial charge in [-0.3, -0.25) is 0 Å². The molecule has 0 spiro atoms. The molecule has 2 saturated carbocycles. The van der Waals surface area contributed by atoms with Crippen LogP contribution in [0.25, 0.3) is 0 Å². The Morgan fingerprint density at radius 2 is 1.21 bits per heavy atom. The molecule has 2 aliphatic carbocycles. The number of carbonyl (C=O) groups excluding carboxylic acids is 2. The molecule has 2 rings (SSSR count). The Labute approximate surface area is 113 Å². The van der Waals surface area contributed by atoms with Crippen LogP contribution in [0.1, 0.15) is 33.1 Å². The van der Waals surface area contributed by atoms with E-state index in [1.807, 2.05) is 0 Å². The van der Waals surface area contributed by atoms with Gasteiger partial charge in [0.1, 0.15) is 12.2 Å². The van der Waals surface area contributed by atoms with Gasteiger partial charge in [0.15, 0.2) is 0 Å². The number of esters is 2. The van der Waals surface area contributed by atoms with Crippen LogP contribution in [0.3, 0.4) is 0 Å². The van der Waals surface area contributed by atoms with Crippen LogP contribution in [0, 0.1) is 11.8 Å². The summed E-state index contributed by atoms with van der Waals surface area (Å²) in [5.41, 5.74) is 0.848. The Kier molecular flexibility index (Phi) is 3.78. The van der Waals surface area contributed by atoms with E-state index in [0.29, 0.717) is 23.0 Å². The van der Waals surface area contributed by atoms with Crippen LogP contribution >= 0.6 is 0 Å². The minimum Gasteiger partial charge on any atom is -0.459 e. The van der Waals surface area contributed by atoms with E-state index in [9.17, 15) is 9.59 Å². The molecule has 0 aromatic rings. The van der Waals surface area contributed by atoms with Crippen LogP contribution < -0.4 is 0 Å². The smallest absolute Gasteiger partial charge is 0.333 e. The largest absolute Gasteiger partial charge is 0.459 e. The van der Waals surface area contributed by atoms with E-state index < -0.39 is 0 Å². The summed E-state index contributed by atoms with van der Waals surface area (Å²) in [7, 11) is 0. The number of rotatable bonds is 4. The van der Waals surface area contributed by atoms with E-state index in [0.717, 1.165) is 19.3 Å². The van der Waals surface area contributed by atoms with Gasteiger partial charge in [-0.25, -0.2) is 9.59 Å². The predicted octanol–water partition coefficient (Wildman–Crippen LogP) is 2.39. The van der Waals surface area contributed by atoms with Crippen molar-refractivity contribution in [1.82, 2.24) is 0 Å². The highest BCUT2D eigenvalue weighted by atomic mass is 16.6. The van der Waals surface area contributed by atoms with Gasteiger partial charge in [-0.1, -0.05) is 13.2 Å². The fraction of sp³-hybridized carbons (Fsp3) is 0.600. The number of ether oxygens (including phenoxy) is 2. The first kappa shape index (κ1) is 13.8. The third-order valence-corrected chi connectivity index (χ3v) is 3.94. The minimum atomic E-state index is -0.326. The number of carbonyl (C=O) groups is 2. The van der Waals surface area contributed by atoms with Gasteiger partial charge in [0.2, 0.25) is 0 Å². The van der Waals surface area contributed by atoms with Crippen molar-refractivity contribution >= 4 is 11.9 Å². The molecule has 4 atom stereocenters. The third-order valence-electron chi connectivity index (χ3n) is 3.94. The molecular weight excluding hydrogens is 244 g/mol. The first-order valence-electron chi connectivity index (χ1n) is 6.61. The monoisotopic (exact) mass is 264 g/mol. The molecule has 4 unspecified atom stereocenters. The zero-order valence-corrected chi connectivity index (χ0v) is 11.5. The van der Waals surface area contributed by atoms with Crippen molar-refractivity contribution in [3.63, 3.8) is 0 Å². The van der Waals surface area contributed by atoms with Crippen LogP contribution in [-0.4, -0.2) is 24.1 Å². The van der Waals surface area contributed by atoms with Gasteiger partial charge in [0, 0.05) is 11.1 Å². The molecule has 4 nitrogen and oxygen atoms in total. The highest BCUT2D eigenvalue weighted by Crippen LogP contribution is 2.47. The highest BCUT2D eigenvalue weighted by molar-refractivity contribution is 5.87. The van der Waals surface area contributed by atoms with E-state index in [-0.39, 0.29) is 24.1 Å². The van der Waals surface area contributed by atoms with Crippen molar-refractivity contribution in [3.8, 4) is 0 Å². The molecule has 2 bridgehead atoms. The van der Waals surface area contributed by atoms with Gasteiger partial charge in [-0.15, -0.1) is 0 Å². The SMILES string of the molecule is C=C(C)C(=O)OC1CC2CC1CC2OC(=O)C(=C)C. The second kappa shape index (κ2) is 5.19. The van der Waals surface area contributed by atoms with Crippen molar-refractivity contribution in [1.29, 1.82) is 0 Å². The molecule has 4 heteroatoms. The third kappa shape index (κ3) is 2.88. The summed E-state index contributed by atoms with van der Waals surface area (Å²) in [4.78, 5) is 23.0. The van der Waals surface area contributed by atoms with Crippen molar-refractivity contribution in [2.24, 2.45) is 11.8 Å². The first-order chi connectivity index (χ1) is 8.88. The molecule has 0 aromatic heterocycles. The average molecular weight is 264 g/mol.